The number of rotatable bonds is 12. The number of hydrogen-bond donors (Lipinski definition) is 1. The number of benzene rings is 3. The van der Waals surface area contributed by atoms with Crippen LogP contribution in [0.1, 0.15) is 56.6 Å². The fraction of sp³-hybridized carbons (Fsp3) is 0.394. The topological polar surface area (TPSA) is 96.0 Å². The van der Waals surface area contributed by atoms with Crippen molar-refractivity contribution in [1.82, 2.24) is 10.2 Å². The van der Waals surface area contributed by atoms with E-state index in [1.807, 2.05) is 13.8 Å². The average molecular weight is 695 g/mol. The number of nitrogens with one attached hydrogen (secondary N) is 1. The average Bonchev–Trinajstić information content (AvgIpc) is 3.01. The van der Waals surface area contributed by atoms with Crippen molar-refractivity contribution in [2.45, 2.75) is 75.9 Å². The smallest absolute Gasteiger partial charge is 0.264 e. The number of amides is 2. The van der Waals surface area contributed by atoms with Gasteiger partial charge < -0.3 is 15.0 Å². The fourth-order valence-electron chi connectivity index (χ4n) is 5.49. The normalized spacial score (nSPS) is 14.4. The van der Waals surface area contributed by atoms with Gasteiger partial charge in [0, 0.05) is 28.2 Å². The summed E-state index contributed by atoms with van der Waals surface area (Å²) < 4.78 is 34.5. The first-order valence-corrected chi connectivity index (χ1v) is 17.5. The quantitative estimate of drug-likeness (QED) is 0.213. The second-order valence-corrected chi connectivity index (χ2v) is 14.2. The highest BCUT2D eigenvalue weighted by atomic mass is 35.5. The molecule has 242 valence electrons. The number of carbonyl (C=O) groups excluding carboxylic acids is 2. The number of nitrogens with zero attached hydrogens (tertiary/aromatic N) is 2. The minimum absolute atomic E-state index is 0.00405. The van der Waals surface area contributed by atoms with Crippen LogP contribution in [0.4, 0.5) is 5.69 Å². The molecule has 1 aliphatic rings. The molecule has 1 fully saturated rings. The summed E-state index contributed by atoms with van der Waals surface area (Å²) in [6, 6.07) is 14.9. The zero-order valence-electron chi connectivity index (χ0n) is 25.6. The lowest BCUT2D eigenvalue weighted by Crippen LogP contribution is -2.54. The molecule has 1 saturated carbocycles. The van der Waals surface area contributed by atoms with Crippen LogP contribution in [0.3, 0.4) is 0 Å². The number of carbonyl (C=O) groups is 2. The molecule has 0 saturated heterocycles. The summed E-state index contributed by atoms with van der Waals surface area (Å²) in [6.07, 6.45) is 5.19. The SMILES string of the molecule is CC[C@H](C(=O)NC1CCCCC1)N(Cc1c(Cl)cccc1Cl)C(=O)CN(c1ccc(OC)c(Cl)c1)S(=O)(=O)c1ccc(C)cc1. The third-order valence-electron chi connectivity index (χ3n) is 8.04. The first-order chi connectivity index (χ1) is 21.5. The molecule has 0 aliphatic heterocycles. The molecule has 0 aromatic heterocycles. The van der Waals surface area contributed by atoms with Crippen molar-refractivity contribution < 1.29 is 22.7 Å². The lowest BCUT2D eigenvalue weighted by atomic mass is 9.95. The lowest BCUT2D eigenvalue weighted by molar-refractivity contribution is -0.140. The molecule has 3 aromatic carbocycles. The molecule has 0 bridgehead atoms. The van der Waals surface area contributed by atoms with Crippen molar-refractivity contribution in [2.75, 3.05) is 18.0 Å². The van der Waals surface area contributed by atoms with Gasteiger partial charge in [-0.3, -0.25) is 13.9 Å². The highest BCUT2D eigenvalue weighted by Gasteiger charge is 2.35. The zero-order valence-corrected chi connectivity index (χ0v) is 28.6. The molecule has 0 radical (unpaired) electrons. The van der Waals surface area contributed by atoms with E-state index >= 15 is 0 Å². The number of ether oxygens (including phenoxy) is 1. The largest absolute Gasteiger partial charge is 0.495 e. The molecule has 8 nitrogen and oxygen atoms in total. The number of sulfonamides is 1. The third-order valence-corrected chi connectivity index (χ3v) is 10.8. The van der Waals surface area contributed by atoms with Crippen LogP contribution in [0.25, 0.3) is 0 Å². The van der Waals surface area contributed by atoms with Crippen molar-refractivity contribution in [2.24, 2.45) is 0 Å². The Morgan fingerprint density at radius 2 is 1.60 bits per heavy atom. The number of methoxy groups -OCH3 is 1. The van der Waals surface area contributed by atoms with E-state index < -0.39 is 28.5 Å². The standard InChI is InChI=1S/C33H38Cl3N3O5S/c1-4-30(33(41)37-23-9-6-5-7-10-23)38(20-26-27(34)11-8-12-28(26)35)32(40)21-39(24-15-18-31(44-3)29(36)19-24)45(42,43)25-16-13-22(2)14-17-25/h8,11-19,23,30H,4-7,9-10,20-21H2,1-3H3,(H,37,41)/t30-/m1/s1. The van der Waals surface area contributed by atoms with Gasteiger partial charge in [-0.2, -0.15) is 0 Å². The number of halogens is 3. The molecular formula is C33H38Cl3N3O5S. The highest BCUT2D eigenvalue weighted by Crippen LogP contribution is 2.33. The monoisotopic (exact) mass is 693 g/mol. The molecule has 1 atom stereocenters. The van der Waals surface area contributed by atoms with E-state index in [0.29, 0.717) is 21.4 Å². The van der Waals surface area contributed by atoms with E-state index in [0.717, 1.165) is 42.0 Å². The van der Waals surface area contributed by atoms with Gasteiger partial charge in [0.05, 0.1) is 22.7 Å². The maximum Gasteiger partial charge on any atom is 0.264 e. The first kappa shape index (κ1) is 34.9. The lowest BCUT2D eigenvalue weighted by Gasteiger charge is -2.35. The van der Waals surface area contributed by atoms with Gasteiger partial charge in [-0.25, -0.2) is 8.42 Å². The second-order valence-electron chi connectivity index (χ2n) is 11.1. The summed E-state index contributed by atoms with van der Waals surface area (Å²) in [5, 5.41) is 3.95. The summed E-state index contributed by atoms with van der Waals surface area (Å²) >= 11 is 19.5. The van der Waals surface area contributed by atoms with E-state index in [1.165, 1.54) is 42.3 Å². The maximum atomic E-state index is 14.4. The van der Waals surface area contributed by atoms with E-state index in [1.54, 1.807) is 30.3 Å². The molecule has 0 heterocycles. The van der Waals surface area contributed by atoms with E-state index in [9.17, 15) is 18.0 Å². The van der Waals surface area contributed by atoms with Gasteiger partial charge in [0.15, 0.2) is 0 Å². The third kappa shape index (κ3) is 8.44. The molecule has 2 amide bonds. The van der Waals surface area contributed by atoms with Crippen molar-refractivity contribution in [1.29, 1.82) is 0 Å². The zero-order chi connectivity index (χ0) is 32.7. The van der Waals surface area contributed by atoms with Crippen LogP contribution in [-0.4, -0.2) is 50.9 Å². The van der Waals surface area contributed by atoms with Crippen molar-refractivity contribution >= 4 is 62.3 Å². The van der Waals surface area contributed by atoms with E-state index in [2.05, 4.69) is 5.32 Å². The van der Waals surface area contributed by atoms with Gasteiger partial charge in [0.25, 0.3) is 10.0 Å². The van der Waals surface area contributed by atoms with Crippen LogP contribution in [0.2, 0.25) is 15.1 Å². The summed E-state index contributed by atoms with van der Waals surface area (Å²) in [6.45, 7) is 2.94. The molecule has 1 N–H and O–H groups in total. The Labute approximate surface area is 280 Å². The summed E-state index contributed by atoms with van der Waals surface area (Å²) in [4.78, 5) is 29.5. The number of hydrogen-bond acceptors (Lipinski definition) is 5. The Kier molecular flexibility index (Phi) is 12.0. The predicted octanol–water partition coefficient (Wildman–Crippen LogP) is 7.42. The fourth-order valence-corrected chi connectivity index (χ4v) is 7.67. The van der Waals surface area contributed by atoms with Crippen molar-refractivity contribution in [3.8, 4) is 5.75 Å². The molecular weight excluding hydrogens is 657 g/mol. The Bertz CT molecular complexity index is 1590. The Morgan fingerprint density at radius 1 is 0.956 bits per heavy atom. The number of aryl methyl sites for hydroxylation is 1. The van der Waals surface area contributed by atoms with Crippen molar-refractivity contribution in [3.63, 3.8) is 0 Å². The van der Waals surface area contributed by atoms with Crippen LogP contribution in [0.5, 0.6) is 5.75 Å². The van der Waals surface area contributed by atoms with Gasteiger partial charge >= 0.3 is 0 Å². The molecule has 0 spiro atoms. The Hall–Kier alpha value is -2.98. The highest BCUT2D eigenvalue weighted by molar-refractivity contribution is 7.92. The molecule has 0 unspecified atom stereocenters. The molecule has 4 rings (SSSR count). The van der Waals surface area contributed by atoms with Crippen molar-refractivity contribution in [3.05, 3.63) is 86.9 Å². The van der Waals surface area contributed by atoms with Gasteiger partial charge in [0.2, 0.25) is 11.8 Å². The Morgan fingerprint density at radius 3 is 2.18 bits per heavy atom. The van der Waals surface area contributed by atoms with Crippen LogP contribution in [0, 0.1) is 6.92 Å². The summed E-state index contributed by atoms with van der Waals surface area (Å²) in [7, 11) is -2.82. The van der Waals surface area contributed by atoms with Crippen LogP contribution in [-0.2, 0) is 26.2 Å². The number of anilines is 1. The maximum absolute atomic E-state index is 14.4. The summed E-state index contributed by atoms with van der Waals surface area (Å²) in [5.74, 6) is -0.569. The van der Waals surface area contributed by atoms with Crippen LogP contribution < -0.4 is 14.4 Å². The van der Waals surface area contributed by atoms with Crippen LogP contribution in [0.15, 0.2) is 65.6 Å². The summed E-state index contributed by atoms with van der Waals surface area (Å²) in [5.41, 5.74) is 1.49. The molecule has 1 aliphatic carbocycles. The second kappa shape index (κ2) is 15.5. The minimum atomic E-state index is -4.27. The van der Waals surface area contributed by atoms with E-state index in [4.69, 9.17) is 39.5 Å². The Balaban J connectivity index is 1.76. The predicted molar refractivity (Wildman–Crippen MR) is 180 cm³/mol. The molecule has 45 heavy (non-hydrogen) atoms. The minimum Gasteiger partial charge on any atom is -0.495 e. The van der Waals surface area contributed by atoms with Gasteiger partial charge in [-0.15, -0.1) is 0 Å². The van der Waals surface area contributed by atoms with Crippen LogP contribution >= 0.6 is 34.8 Å². The van der Waals surface area contributed by atoms with Gasteiger partial charge in [0.1, 0.15) is 18.3 Å². The first-order valence-electron chi connectivity index (χ1n) is 14.9. The van der Waals surface area contributed by atoms with Gasteiger partial charge in [-0.1, -0.05) is 84.8 Å². The molecule has 12 heteroatoms. The molecule has 3 aromatic rings. The van der Waals surface area contributed by atoms with Gasteiger partial charge in [-0.05, 0) is 68.7 Å². The van der Waals surface area contributed by atoms with E-state index in [-0.39, 0.29) is 40.5 Å².